The summed E-state index contributed by atoms with van der Waals surface area (Å²) in [7, 11) is 2.05. The van der Waals surface area contributed by atoms with Crippen LogP contribution >= 0.6 is 11.6 Å². The van der Waals surface area contributed by atoms with E-state index in [2.05, 4.69) is 15.4 Å². The molecule has 1 saturated heterocycles. The summed E-state index contributed by atoms with van der Waals surface area (Å²) in [6.07, 6.45) is 1.54. The molecule has 0 atom stereocenters. The van der Waals surface area contributed by atoms with Gasteiger partial charge in [-0.3, -0.25) is 9.59 Å². The lowest BCUT2D eigenvalue weighted by molar-refractivity contribution is -0.134. The van der Waals surface area contributed by atoms with Gasteiger partial charge in [0.25, 0.3) is 11.8 Å². The fraction of sp³-hybridized carbons (Fsp3) is 0.240. The summed E-state index contributed by atoms with van der Waals surface area (Å²) in [4.78, 5) is 28.9. The molecule has 0 spiro atoms. The Kier molecular flexibility index (Phi) is 7.30. The number of aromatic hydroxyl groups is 1. The molecule has 34 heavy (non-hydrogen) atoms. The van der Waals surface area contributed by atoms with E-state index >= 15 is 0 Å². The van der Waals surface area contributed by atoms with Gasteiger partial charge in [-0.1, -0.05) is 35.9 Å². The summed E-state index contributed by atoms with van der Waals surface area (Å²) in [5.41, 5.74) is 3.51. The smallest absolute Gasteiger partial charge is 0.271 e. The molecule has 1 fully saturated rings. The molecule has 2 N–H and O–H groups in total. The lowest BCUT2D eigenvalue weighted by atomic mass is 10.0. The average molecular weight is 481 g/mol. The first kappa shape index (κ1) is 23.5. The summed E-state index contributed by atoms with van der Waals surface area (Å²) in [5.74, 6) is 0.0309. The van der Waals surface area contributed by atoms with E-state index in [1.165, 1.54) is 18.2 Å². The molecule has 176 valence electrons. The van der Waals surface area contributed by atoms with Crippen LogP contribution in [0, 0.1) is 0 Å². The molecule has 3 aromatic carbocycles. The maximum Gasteiger partial charge on any atom is 0.271 e. The van der Waals surface area contributed by atoms with Crippen molar-refractivity contribution < 1.29 is 19.4 Å². The third-order valence-electron chi connectivity index (χ3n) is 5.70. The molecular weight excluding hydrogens is 456 g/mol. The van der Waals surface area contributed by atoms with E-state index in [4.69, 9.17) is 16.3 Å². The van der Waals surface area contributed by atoms with Crippen molar-refractivity contribution in [3.05, 3.63) is 70.7 Å². The molecule has 0 radical (unpaired) electrons. The number of phenols is 1. The van der Waals surface area contributed by atoms with E-state index in [0.717, 1.165) is 29.4 Å². The lowest BCUT2D eigenvalue weighted by Crippen LogP contribution is -2.48. The van der Waals surface area contributed by atoms with Crippen LogP contribution in [0.15, 0.2) is 59.7 Å². The summed E-state index contributed by atoms with van der Waals surface area (Å²) >= 11 is 5.86. The number of halogens is 1. The van der Waals surface area contributed by atoms with Crippen LogP contribution in [0.3, 0.4) is 0 Å². The number of hydrazone groups is 1. The number of benzene rings is 3. The molecule has 1 heterocycles. The van der Waals surface area contributed by atoms with Crippen LogP contribution in [-0.4, -0.2) is 72.8 Å². The quantitative estimate of drug-likeness (QED) is 0.417. The maximum atomic E-state index is 12.5. The number of hydrogen-bond donors (Lipinski definition) is 2. The van der Waals surface area contributed by atoms with Gasteiger partial charge in [-0.15, -0.1) is 0 Å². The summed E-state index contributed by atoms with van der Waals surface area (Å²) < 4.78 is 5.89. The highest BCUT2D eigenvalue weighted by atomic mass is 35.5. The van der Waals surface area contributed by atoms with E-state index in [1.807, 2.05) is 42.3 Å². The van der Waals surface area contributed by atoms with Crippen molar-refractivity contribution in [1.29, 1.82) is 0 Å². The zero-order valence-electron chi connectivity index (χ0n) is 18.7. The number of ether oxygens (including phenoxy) is 1. The highest BCUT2D eigenvalue weighted by Crippen LogP contribution is 2.28. The Hall–Kier alpha value is -3.62. The molecule has 9 heteroatoms. The number of likely N-dealkylation sites (N-methyl/N-ethyl adjacent to an activating group) is 1. The van der Waals surface area contributed by atoms with Gasteiger partial charge < -0.3 is 19.6 Å². The first-order valence-corrected chi connectivity index (χ1v) is 11.2. The third kappa shape index (κ3) is 5.47. The zero-order chi connectivity index (χ0) is 24.1. The van der Waals surface area contributed by atoms with Crippen molar-refractivity contribution in [2.24, 2.45) is 5.10 Å². The predicted octanol–water partition coefficient (Wildman–Crippen LogP) is 3.12. The van der Waals surface area contributed by atoms with Crippen LogP contribution in [0.1, 0.15) is 15.9 Å². The highest BCUT2D eigenvalue weighted by Gasteiger charge is 2.19. The Morgan fingerprint density at radius 1 is 1.09 bits per heavy atom. The Morgan fingerprint density at radius 2 is 1.82 bits per heavy atom. The predicted molar refractivity (Wildman–Crippen MR) is 132 cm³/mol. The molecule has 3 aromatic rings. The summed E-state index contributed by atoms with van der Waals surface area (Å²) in [5, 5.41) is 15.3. The lowest BCUT2D eigenvalue weighted by Gasteiger charge is -2.32. The Balaban J connectivity index is 1.44. The normalized spacial score (nSPS) is 14.5. The number of piperazine rings is 1. The van der Waals surface area contributed by atoms with Crippen molar-refractivity contribution in [1.82, 2.24) is 15.2 Å². The number of nitrogens with zero attached hydrogens (tertiary/aromatic N) is 3. The number of carbonyl (C=O) groups excluding carboxylic acids is 2. The third-order valence-corrected chi connectivity index (χ3v) is 6.01. The van der Waals surface area contributed by atoms with Gasteiger partial charge in [0.15, 0.2) is 6.61 Å². The van der Waals surface area contributed by atoms with Gasteiger partial charge in [0.2, 0.25) is 0 Å². The minimum absolute atomic E-state index is 0.0214. The molecule has 0 aliphatic carbocycles. The van der Waals surface area contributed by atoms with E-state index in [9.17, 15) is 14.7 Å². The molecule has 2 amide bonds. The van der Waals surface area contributed by atoms with Crippen molar-refractivity contribution in [2.45, 2.75) is 0 Å². The van der Waals surface area contributed by atoms with Gasteiger partial charge in [0, 0.05) is 42.7 Å². The molecule has 0 unspecified atom stereocenters. The zero-order valence-corrected chi connectivity index (χ0v) is 19.5. The SMILES string of the molecule is CN1CCN(C(=O)COc2ccc(C=NNC(=O)c3ccc(O)c(Cl)c3)c3ccccc23)CC1. The monoisotopic (exact) mass is 480 g/mol. The van der Waals surface area contributed by atoms with E-state index in [-0.39, 0.29) is 28.8 Å². The second kappa shape index (κ2) is 10.5. The van der Waals surface area contributed by atoms with Crippen LogP contribution in [0.25, 0.3) is 10.8 Å². The Bertz CT molecular complexity index is 1240. The van der Waals surface area contributed by atoms with Crippen LogP contribution < -0.4 is 10.2 Å². The van der Waals surface area contributed by atoms with Crippen LogP contribution in [0.4, 0.5) is 0 Å². The van der Waals surface area contributed by atoms with Crippen LogP contribution in [0.5, 0.6) is 11.5 Å². The fourth-order valence-electron chi connectivity index (χ4n) is 3.69. The van der Waals surface area contributed by atoms with Crippen molar-refractivity contribution >= 4 is 40.4 Å². The Labute approximate surface area is 202 Å². The first-order chi connectivity index (χ1) is 16.4. The minimum Gasteiger partial charge on any atom is -0.506 e. The van der Waals surface area contributed by atoms with Gasteiger partial charge in [-0.25, -0.2) is 5.43 Å². The maximum absolute atomic E-state index is 12.5. The largest absolute Gasteiger partial charge is 0.506 e. The molecule has 0 bridgehead atoms. The average Bonchev–Trinajstić information content (AvgIpc) is 2.85. The van der Waals surface area contributed by atoms with Crippen LogP contribution in [0.2, 0.25) is 5.02 Å². The number of rotatable bonds is 6. The van der Waals surface area contributed by atoms with E-state index in [1.54, 1.807) is 12.3 Å². The van der Waals surface area contributed by atoms with Crippen molar-refractivity contribution in [3.63, 3.8) is 0 Å². The molecule has 4 rings (SSSR count). The number of nitrogens with one attached hydrogen (secondary N) is 1. The molecule has 0 aromatic heterocycles. The number of amides is 2. The minimum atomic E-state index is -0.454. The van der Waals surface area contributed by atoms with E-state index in [0.29, 0.717) is 18.8 Å². The second-order valence-electron chi connectivity index (χ2n) is 8.04. The fourth-order valence-corrected chi connectivity index (χ4v) is 3.87. The van der Waals surface area contributed by atoms with Gasteiger partial charge in [-0.05, 0) is 42.8 Å². The Morgan fingerprint density at radius 3 is 2.56 bits per heavy atom. The molecule has 8 nitrogen and oxygen atoms in total. The second-order valence-corrected chi connectivity index (χ2v) is 8.44. The molecule has 0 saturated carbocycles. The summed E-state index contributed by atoms with van der Waals surface area (Å²) in [6.45, 7) is 3.11. The van der Waals surface area contributed by atoms with Crippen LogP contribution in [-0.2, 0) is 4.79 Å². The number of fused-ring (bicyclic) bond motifs is 1. The molecule has 1 aliphatic heterocycles. The number of carbonyl (C=O) groups is 2. The van der Waals surface area contributed by atoms with Gasteiger partial charge in [-0.2, -0.15) is 5.10 Å². The van der Waals surface area contributed by atoms with Crippen molar-refractivity contribution in [3.8, 4) is 11.5 Å². The standard InChI is InChI=1S/C25H25ClN4O4/c1-29-10-12-30(13-11-29)24(32)16-34-23-9-7-18(19-4-2-3-5-20(19)23)15-27-28-25(33)17-6-8-22(31)21(26)14-17/h2-9,14-15,31H,10-13,16H2,1H3,(H,28,33). The molecule has 1 aliphatic rings. The molecular formula is C25H25ClN4O4. The first-order valence-electron chi connectivity index (χ1n) is 10.8. The van der Waals surface area contributed by atoms with Gasteiger partial charge in [0.1, 0.15) is 11.5 Å². The van der Waals surface area contributed by atoms with E-state index < -0.39 is 5.91 Å². The highest BCUT2D eigenvalue weighted by molar-refractivity contribution is 6.32. The number of hydrogen-bond acceptors (Lipinski definition) is 6. The topological polar surface area (TPSA) is 94.5 Å². The van der Waals surface area contributed by atoms with Gasteiger partial charge in [0.05, 0.1) is 11.2 Å². The number of phenolic OH excluding ortho intramolecular Hbond substituents is 1. The summed E-state index contributed by atoms with van der Waals surface area (Å²) in [6, 6.07) is 15.4. The van der Waals surface area contributed by atoms with Crippen molar-refractivity contribution in [2.75, 3.05) is 39.8 Å². The van der Waals surface area contributed by atoms with Gasteiger partial charge >= 0.3 is 0 Å².